The largest absolute Gasteiger partial charge is 0.497 e. The van der Waals surface area contributed by atoms with Crippen molar-refractivity contribution in [1.82, 2.24) is 10.3 Å². The molecule has 3 aromatic rings. The topological polar surface area (TPSA) is 51.2 Å². The second kappa shape index (κ2) is 8.87. The molecule has 1 aliphatic carbocycles. The number of rotatable bonds is 6. The van der Waals surface area contributed by atoms with Crippen molar-refractivity contribution in [2.75, 3.05) is 7.11 Å². The first-order valence-corrected chi connectivity index (χ1v) is 11.0. The van der Waals surface area contributed by atoms with Crippen molar-refractivity contribution in [3.63, 3.8) is 0 Å². The van der Waals surface area contributed by atoms with E-state index in [2.05, 4.69) is 23.5 Å². The van der Waals surface area contributed by atoms with Crippen molar-refractivity contribution in [2.24, 2.45) is 0 Å². The fourth-order valence-corrected chi connectivity index (χ4v) is 4.73. The number of hydrogen-bond acceptors (Lipinski definition) is 4. The van der Waals surface area contributed by atoms with Gasteiger partial charge >= 0.3 is 0 Å². The van der Waals surface area contributed by atoms with E-state index in [9.17, 15) is 4.79 Å². The number of fused-ring (bicyclic) bond motifs is 1. The third kappa shape index (κ3) is 4.56. The molecule has 5 heteroatoms. The zero-order valence-electron chi connectivity index (χ0n) is 16.9. The highest BCUT2D eigenvalue weighted by molar-refractivity contribution is 8.00. The summed E-state index contributed by atoms with van der Waals surface area (Å²) in [6, 6.07) is 18.7. The van der Waals surface area contributed by atoms with Crippen LogP contribution >= 0.6 is 11.8 Å². The number of thioether (sulfide) groups is 1. The molecule has 150 valence electrons. The van der Waals surface area contributed by atoms with Crippen molar-refractivity contribution in [1.29, 1.82) is 0 Å². The van der Waals surface area contributed by atoms with Gasteiger partial charge in [0.1, 0.15) is 5.75 Å². The number of carbonyl (C=O) groups is 1. The molecule has 4 nitrogen and oxygen atoms in total. The number of pyridine rings is 1. The van der Waals surface area contributed by atoms with Gasteiger partial charge in [-0.3, -0.25) is 4.79 Å². The molecule has 4 rings (SSSR count). The number of nitrogens with one attached hydrogen (secondary N) is 1. The fourth-order valence-electron chi connectivity index (χ4n) is 3.85. The van der Waals surface area contributed by atoms with E-state index in [4.69, 9.17) is 9.72 Å². The fraction of sp³-hybridized carbons (Fsp3) is 0.333. The quantitative estimate of drug-likeness (QED) is 0.553. The molecule has 0 radical (unpaired) electrons. The van der Waals surface area contributed by atoms with Crippen LogP contribution in [0.25, 0.3) is 22.0 Å². The predicted molar refractivity (Wildman–Crippen MR) is 119 cm³/mol. The van der Waals surface area contributed by atoms with Crippen LogP contribution in [-0.4, -0.2) is 29.3 Å². The average molecular weight is 407 g/mol. The van der Waals surface area contributed by atoms with Crippen molar-refractivity contribution in [2.45, 2.75) is 48.9 Å². The van der Waals surface area contributed by atoms with E-state index in [1.807, 2.05) is 43.3 Å². The molecule has 1 N–H and O–H groups in total. The van der Waals surface area contributed by atoms with Gasteiger partial charge in [0.05, 0.1) is 22.9 Å². The first-order valence-electron chi connectivity index (χ1n) is 10.2. The van der Waals surface area contributed by atoms with Gasteiger partial charge in [-0.05, 0) is 49.1 Å². The molecule has 0 unspecified atom stereocenters. The summed E-state index contributed by atoms with van der Waals surface area (Å²) in [6.45, 7) is 1.95. The minimum atomic E-state index is -0.199. The second-order valence-corrected chi connectivity index (χ2v) is 8.87. The van der Waals surface area contributed by atoms with Gasteiger partial charge in [0.2, 0.25) is 5.91 Å². The summed E-state index contributed by atoms with van der Waals surface area (Å²) >= 11 is 1.51. The lowest BCUT2D eigenvalue weighted by Crippen LogP contribution is -2.37. The molecule has 0 spiro atoms. The van der Waals surface area contributed by atoms with Crippen molar-refractivity contribution in [3.8, 4) is 16.9 Å². The van der Waals surface area contributed by atoms with Gasteiger partial charge in [0, 0.05) is 17.5 Å². The highest BCUT2D eigenvalue weighted by Crippen LogP contribution is 2.34. The third-order valence-corrected chi connectivity index (χ3v) is 6.46. The van der Waals surface area contributed by atoms with Gasteiger partial charge in [-0.2, -0.15) is 0 Å². The van der Waals surface area contributed by atoms with Crippen LogP contribution in [0.1, 0.15) is 32.6 Å². The Labute approximate surface area is 176 Å². The Bertz CT molecular complexity index is 1000. The van der Waals surface area contributed by atoms with E-state index < -0.39 is 0 Å². The number of aromatic nitrogens is 1. The van der Waals surface area contributed by atoms with Crippen LogP contribution in [0.2, 0.25) is 0 Å². The minimum Gasteiger partial charge on any atom is -0.497 e. The Morgan fingerprint density at radius 3 is 2.62 bits per heavy atom. The number of hydrogen-bond donors (Lipinski definition) is 1. The molecule has 1 heterocycles. The summed E-state index contributed by atoms with van der Waals surface area (Å²) in [6.07, 6.45) is 4.60. The molecule has 0 bridgehead atoms. The van der Waals surface area contributed by atoms with Crippen LogP contribution in [0.3, 0.4) is 0 Å². The molecule has 1 amide bonds. The van der Waals surface area contributed by atoms with Gasteiger partial charge in [-0.25, -0.2) is 4.98 Å². The van der Waals surface area contributed by atoms with E-state index in [1.54, 1.807) is 7.11 Å². The lowest BCUT2D eigenvalue weighted by Gasteiger charge is -2.17. The monoisotopic (exact) mass is 406 g/mol. The maximum Gasteiger partial charge on any atom is 0.233 e. The first kappa shape index (κ1) is 19.8. The highest BCUT2D eigenvalue weighted by Gasteiger charge is 2.22. The molecule has 1 saturated carbocycles. The van der Waals surface area contributed by atoms with Gasteiger partial charge in [-0.1, -0.05) is 54.9 Å². The molecule has 1 atom stereocenters. The number of amides is 1. The highest BCUT2D eigenvalue weighted by atomic mass is 32.2. The van der Waals surface area contributed by atoms with Crippen LogP contribution < -0.4 is 10.1 Å². The van der Waals surface area contributed by atoms with Crippen molar-refractivity contribution < 1.29 is 9.53 Å². The van der Waals surface area contributed by atoms with Crippen molar-refractivity contribution >= 4 is 28.6 Å². The Balaban J connectivity index is 1.65. The summed E-state index contributed by atoms with van der Waals surface area (Å²) < 4.78 is 5.39. The van der Waals surface area contributed by atoms with Crippen LogP contribution in [0.5, 0.6) is 5.75 Å². The van der Waals surface area contributed by atoms with E-state index in [0.717, 1.165) is 45.6 Å². The second-order valence-electron chi connectivity index (χ2n) is 7.51. The van der Waals surface area contributed by atoms with Crippen LogP contribution in [-0.2, 0) is 4.79 Å². The molecule has 1 fully saturated rings. The van der Waals surface area contributed by atoms with E-state index >= 15 is 0 Å². The standard InChI is InChI=1S/C24H26N2O2S/c1-16(24(27)25-18-10-6-7-11-18)29-23-15-21(17-8-4-3-5-9-17)20-13-12-19(28-2)14-22(20)26-23/h3-5,8-9,12-16,18H,6-7,10-11H2,1-2H3,(H,25,27)/t16-/m0/s1. The summed E-state index contributed by atoms with van der Waals surface area (Å²) in [5.41, 5.74) is 3.12. The van der Waals surface area contributed by atoms with Gasteiger partial charge in [0.15, 0.2) is 0 Å². The van der Waals surface area contributed by atoms with Gasteiger partial charge < -0.3 is 10.1 Å². The smallest absolute Gasteiger partial charge is 0.233 e. The maximum atomic E-state index is 12.6. The summed E-state index contributed by atoms with van der Waals surface area (Å²) in [7, 11) is 1.66. The Morgan fingerprint density at radius 2 is 1.90 bits per heavy atom. The van der Waals surface area contributed by atoms with Crippen LogP contribution in [0.15, 0.2) is 59.6 Å². The molecular weight excluding hydrogens is 380 g/mol. The van der Waals surface area contributed by atoms with E-state index in [0.29, 0.717) is 6.04 Å². The first-order chi connectivity index (χ1) is 14.1. The number of carbonyl (C=O) groups excluding carboxylic acids is 1. The average Bonchev–Trinajstić information content (AvgIpc) is 3.26. The zero-order chi connectivity index (χ0) is 20.2. The lowest BCUT2D eigenvalue weighted by atomic mass is 10.0. The SMILES string of the molecule is COc1ccc2c(-c3ccccc3)cc(S[C@@H](C)C(=O)NC3CCCC3)nc2c1. The molecule has 1 aromatic heterocycles. The van der Waals surface area contributed by atoms with Crippen molar-refractivity contribution in [3.05, 3.63) is 54.6 Å². The molecule has 0 aliphatic heterocycles. The predicted octanol–water partition coefficient (Wildman–Crippen LogP) is 5.45. The number of nitrogens with zero attached hydrogens (tertiary/aromatic N) is 1. The van der Waals surface area contributed by atoms with E-state index in [1.165, 1.54) is 24.6 Å². The summed E-state index contributed by atoms with van der Waals surface area (Å²) in [5.74, 6) is 0.869. The zero-order valence-corrected chi connectivity index (χ0v) is 17.7. The number of benzene rings is 2. The van der Waals surface area contributed by atoms with Crippen LogP contribution in [0.4, 0.5) is 0 Å². The molecule has 0 saturated heterocycles. The molecular formula is C24H26N2O2S. The molecule has 29 heavy (non-hydrogen) atoms. The maximum absolute atomic E-state index is 12.6. The molecule has 2 aromatic carbocycles. The third-order valence-electron chi connectivity index (χ3n) is 5.45. The molecule has 1 aliphatic rings. The number of ether oxygens (including phenoxy) is 1. The Morgan fingerprint density at radius 1 is 1.14 bits per heavy atom. The number of methoxy groups -OCH3 is 1. The minimum absolute atomic E-state index is 0.0932. The summed E-state index contributed by atoms with van der Waals surface area (Å²) in [5, 5.41) is 4.91. The Kier molecular flexibility index (Phi) is 6.05. The van der Waals surface area contributed by atoms with Crippen LogP contribution in [0, 0.1) is 0 Å². The van der Waals surface area contributed by atoms with Gasteiger partial charge in [0.25, 0.3) is 0 Å². The summed E-state index contributed by atoms with van der Waals surface area (Å²) in [4.78, 5) is 17.5. The lowest BCUT2D eigenvalue weighted by molar-refractivity contribution is -0.120. The van der Waals surface area contributed by atoms with Gasteiger partial charge in [-0.15, -0.1) is 0 Å². The van der Waals surface area contributed by atoms with E-state index in [-0.39, 0.29) is 11.2 Å². The normalized spacial score (nSPS) is 15.4. The Hall–Kier alpha value is -2.53.